The second kappa shape index (κ2) is 3.51. The Labute approximate surface area is 137 Å². The molecule has 4 nitrogen and oxygen atoms in total. The molecule has 2 atom stereocenters. The van der Waals surface area contributed by atoms with Gasteiger partial charge in [-0.05, 0) is 35.4 Å². The van der Waals surface area contributed by atoms with E-state index in [0.29, 0.717) is 22.6 Å². The number of carbonyl (C=O) groups excluding carboxylic acids is 2. The fourth-order valence-electron chi connectivity index (χ4n) is 4.48. The topological polar surface area (TPSA) is 52.6 Å². The second-order valence-corrected chi connectivity index (χ2v) is 6.40. The molecule has 0 fully saturated rings. The van der Waals surface area contributed by atoms with Gasteiger partial charge in [-0.3, -0.25) is 9.59 Å². The van der Waals surface area contributed by atoms with E-state index in [1.807, 2.05) is 24.3 Å². The van der Waals surface area contributed by atoms with Crippen LogP contribution < -0.4 is 9.47 Å². The molecule has 2 unspecified atom stereocenters. The van der Waals surface area contributed by atoms with Crippen LogP contribution in [-0.4, -0.2) is 11.6 Å². The van der Waals surface area contributed by atoms with Gasteiger partial charge in [0, 0.05) is 0 Å². The minimum Gasteiger partial charge on any atom is -0.468 e. The second-order valence-electron chi connectivity index (χ2n) is 6.40. The number of carbonyl (C=O) groups is 2. The summed E-state index contributed by atoms with van der Waals surface area (Å²) in [5.74, 6) is 0.556. The third-order valence-corrected chi connectivity index (χ3v) is 5.37. The predicted octanol–water partition coefficient (Wildman–Crippen LogP) is 2.75. The molecule has 2 aromatic rings. The highest BCUT2D eigenvalue weighted by Gasteiger charge is 2.76. The normalized spacial score (nSPS) is 29.7. The van der Waals surface area contributed by atoms with E-state index < -0.39 is 11.2 Å². The van der Waals surface area contributed by atoms with E-state index in [9.17, 15) is 9.59 Å². The Kier molecular flexibility index (Phi) is 1.80. The molecule has 2 aromatic carbocycles. The molecule has 0 saturated carbocycles. The van der Waals surface area contributed by atoms with Gasteiger partial charge in [0.15, 0.2) is 0 Å². The summed E-state index contributed by atoms with van der Waals surface area (Å²) in [4.78, 5) is 26.1. The number of hydrogen-bond acceptors (Lipinski definition) is 4. The molecule has 4 aliphatic rings. The zero-order chi connectivity index (χ0) is 16.1. The summed E-state index contributed by atoms with van der Waals surface area (Å²) in [7, 11) is 0. The van der Waals surface area contributed by atoms with Gasteiger partial charge < -0.3 is 9.47 Å². The smallest absolute Gasteiger partial charge is 0.251 e. The van der Waals surface area contributed by atoms with E-state index in [2.05, 4.69) is 0 Å². The van der Waals surface area contributed by atoms with Gasteiger partial charge in [0.05, 0.1) is 11.1 Å². The highest BCUT2D eigenvalue weighted by molar-refractivity contribution is 6.17. The Bertz CT molecular complexity index is 976. The van der Waals surface area contributed by atoms with E-state index in [-0.39, 0.29) is 11.6 Å². The van der Waals surface area contributed by atoms with Gasteiger partial charge >= 0.3 is 0 Å². The van der Waals surface area contributed by atoms with Crippen molar-refractivity contribution in [3.63, 3.8) is 0 Å². The summed E-state index contributed by atoms with van der Waals surface area (Å²) in [6.45, 7) is 0. The summed E-state index contributed by atoms with van der Waals surface area (Å²) in [5.41, 5.74) is 0.0787. The fraction of sp³-hybridized carbons (Fsp3) is 0.100. The lowest BCUT2D eigenvalue weighted by Crippen LogP contribution is -2.58. The van der Waals surface area contributed by atoms with Crippen molar-refractivity contribution in [3.05, 3.63) is 70.8 Å². The Morgan fingerprint density at radius 2 is 1.08 bits per heavy atom. The van der Waals surface area contributed by atoms with Crippen molar-refractivity contribution in [2.75, 3.05) is 0 Å². The molecule has 2 heterocycles. The number of benzene rings is 2. The Hall–Kier alpha value is -3.14. The van der Waals surface area contributed by atoms with Crippen molar-refractivity contribution < 1.29 is 19.1 Å². The highest BCUT2D eigenvalue weighted by atomic mass is 16.6. The van der Waals surface area contributed by atoms with Crippen LogP contribution in [0, 0.1) is 0 Å². The van der Waals surface area contributed by atoms with Gasteiger partial charge in [0.25, 0.3) is 11.2 Å². The lowest BCUT2D eigenvalue weighted by Gasteiger charge is -2.36. The van der Waals surface area contributed by atoms with Gasteiger partial charge in [0.1, 0.15) is 11.5 Å². The van der Waals surface area contributed by atoms with Crippen molar-refractivity contribution in [2.45, 2.75) is 11.2 Å². The first kappa shape index (κ1) is 12.3. The number of ketones is 2. The minimum absolute atomic E-state index is 0.259. The van der Waals surface area contributed by atoms with Crippen LogP contribution in [0.2, 0.25) is 0 Å². The van der Waals surface area contributed by atoms with Crippen LogP contribution in [0.25, 0.3) is 12.2 Å². The predicted molar refractivity (Wildman–Crippen MR) is 85.6 cm³/mol. The summed E-state index contributed by atoms with van der Waals surface area (Å²) >= 11 is 0. The van der Waals surface area contributed by atoms with E-state index >= 15 is 0 Å². The van der Waals surface area contributed by atoms with Crippen molar-refractivity contribution in [1.29, 1.82) is 0 Å². The van der Waals surface area contributed by atoms with Crippen LogP contribution in [-0.2, 0) is 20.8 Å². The first-order valence-corrected chi connectivity index (χ1v) is 7.78. The summed E-state index contributed by atoms with van der Waals surface area (Å²) in [6, 6.07) is 11.1. The lowest BCUT2D eigenvalue weighted by molar-refractivity contribution is -0.156. The molecule has 2 aliphatic heterocycles. The molecule has 0 N–H and O–H groups in total. The lowest BCUT2D eigenvalue weighted by atomic mass is 9.67. The molecular formula is C20H10O4. The average molecular weight is 314 g/mol. The summed E-state index contributed by atoms with van der Waals surface area (Å²) < 4.78 is 12.5. The van der Waals surface area contributed by atoms with Crippen LogP contribution in [0.15, 0.2) is 48.6 Å². The van der Waals surface area contributed by atoms with E-state index in [1.165, 1.54) is 12.2 Å². The Balaban J connectivity index is 1.83. The zero-order valence-corrected chi connectivity index (χ0v) is 12.4. The van der Waals surface area contributed by atoms with Crippen molar-refractivity contribution in [3.8, 4) is 11.5 Å². The molecular weight excluding hydrogens is 304 g/mol. The van der Waals surface area contributed by atoms with Crippen LogP contribution in [0.1, 0.15) is 22.3 Å². The molecule has 24 heavy (non-hydrogen) atoms. The number of hydrogen-bond donors (Lipinski definition) is 0. The monoisotopic (exact) mass is 314 g/mol. The highest BCUT2D eigenvalue weighted by Crippen LogP contribution is 2.65. The van der Waals surface area contributed by atoms with Crippen molar-refractivity contribution in [1.82, 2.24) is 0 Å². The van der Waals surface area contributed by atoms with Crippen molar-refractivity contribution in [2.24, 2.45) is 0 Å². The van der Waals surface area contributed by atoms with Gasteiger partial charge in [-0.15, -0.1) is 0 Å². The first-order valence-electron chi connectivity index (χ1n) is 7.78. The van der Waals surface area contributed by atoms with Gasteiger partial charge in [-0.2, -0.15) is 0 Å². The summed E-state index contributed by atoms with van der Waals surface area (Å²) in [5, 5.41) is 0. The maximum atomic E-state index is 13.1. The maximum Gasteiger partial charge on any atom is 0.251 e. The third-order valence-electron chi connectivity index (χ3n) is 5.37. The van der Waals surface area contributed by atoms with Crippen LogP contribution in [0.5, 0.6) is 11.5 Å². The molecule has 2 spiro atoms. The quantitative estimate of drug-likeness (QED) is 0.750. The minimum atomic E-state index is -1.46. The summed E-state index contributed by atoms with van der Waals surface area (Å²) in [6.07, 6.45) is 6.48. The third kappa shape index (κ3) is 0.992. The Morgan fingerprint density at radius 3 is 1.54 bits per heavy atom. The van der Waals surface area contributed by atoms with E-state index in [4.69, 9.17) is 9.47 Å². The molecule has 2 aliphatic carbocycles. The van der Waals surface area contributed by atoms with Crippen molar-refractivity contribution >= 4 is 23.7 Å². The first-order chi connectivity index (χ1) is 11.7. The molecule has 6 rings (SSSR count). The number of rotatable bonds is 0. The average Bonchev–Trinajstić information content (AvgIpc) is 3.04. The van der Waals surface area contributed by atoms with Crippen LogP contribution in [0.4, 0.5) is 0 Å². The largest absolute Gasteiger partial charge is 0.468 e. The zero-order valence-electron chi connectivity index (χ0n) is 12.4. The van der Waals surface area contributed by atoms with Gasteiger partial charge in [0.2, 0.25) is 11.6 Å². The maximum absolute atomic E-state index is 13.1. The molecule has 0 saturated heterocycles. The fourth-order valence-corrected chi connectivity index (χ4v) is 4.48. The molecule has 0 bridgehead atoms. The molecule has 0 amide bonds. The molecule has 114 valence electrons. The van der Waals surface area contributed by atoms with Gasteiger partial charge in [-0.1, -0.05) is 36.4 Å². The Morgan fingerprint density at radius 1 is 0.625 bits per heavy atom. The van der Waals surface area contributed by atoms with E-state index in [0.717, 1.165) is 11.1 Å². The van der Waals surface area contributed by atoms with Crippen LogP contribution >= 0.6 is 0 Å². The molecule has 4 heteroatoms. The van der Waals surface area contributed by atoms with E-state index in [1.54, 1.807) is 24.3 Å². The SMILES string of the molecule is O=C1C=Cc2cccc3c2C12Oc1cccc4c1C2(O3)C(=O)C=C4. The molecule has 0 aromatic heterocycles. The molecule has 0 radical (unpaired) electrons. The standard InChI is InChI=1S/C20H10O4/c21-15-9-7-11-3-1-5-13-17(11)19(15)20(23-13)16(22)10-8-12-4-2-6-14(24-19)18(12)20/h1-10H. The number of ether oxygens (including phenoxy) is 2. The van der Waals surface area contributed by atoms with Gasteiger partial charge in [-0.25, -0.2) is 0 Å². The van der Waals surface area contributed by atoms with Crippen LogP contribution in [0.3, 0.4) is 0 Å².